The zero-order valence-corrected chi connectivity index (χ0v) is 25.4. The molecule has 3 nitrogen and oxygen atoms in total. The number of terminal acetylenes is 1. The molecule has 0 bridgehead atoms. The van der Waals surface area contributed by atoms with E-state index >= 15 is 0 Å². The van der Waals surface area contributed by atoms with Crippen LogP contribution in [0.3, 0.4) is 0 Å². The van der Waals surface area contributed by atoms with Crippen LogP contribution in [0.25, 0.3) is 38.5 Å². The molecule has 3 heteroatoms. The summed E-state index contributed by atoms with van der Waals surface area (Å²) in [6.45, 7) is 2.59. The summed E-state index contributed by atoms with van der Waals surface area (Å²) in [6.07, 6.45) is 20.9. The number of fused-ring (bicyclic) bond motifs is 4. The minimum absolute atomic E-state index is 0.594. The van der Waals surface area contributed by atoms with Gasteiger partial charge in [-0.25, -0.2) is 9.98 Å². The standard InChI is InChI=1S/C42H33N3/c1-3-14-31(15-4-2)38-26-27-43-40(34-23-13-21-29-18-11-12-22-33(29)34)36-25-24-35-37(30-16-7-5-8-17-30)28-39(32-19-9-6-10-20-32)45-41(35)42(36)44-38/h1,4-7,9-16,18-25,28H,8,17,26-27H2,2H3/b15-4-,31-14+,43-40-,44-38+. The van der Waals surface area contributed by atoms with Crippen molar-refractivity contribution < 1.29 is 0 Å². The maximum absolute atomic E-state index is 5.79. The van der Waals surface area contributed by atoms with E-state index in [4.69, 9.17) is 21.4 Å². The fraction of sp³-hybridized carbons (Fsp3) is 0.119. The summed E-state index contributed by atoms with van der Waals surface area (Å²) in [5.41, 5.74) is 11.0. The molecule has 0 atom stereocenters. The van der Waals surface area contributed by atoms with Crippen molar-refractivity contribution in [3.8, 4) is 23.6 Å². The Labute approximate surface area is 264 Å². The predicted octanol–water partition coefficient (Wildman–Crippen LogP) is 10.2. The third kappa shape index (κ3) is 5.48. The molecule has 0 amide bonds. The maximum Gasteiger partial charge on any atom is 0.0990 e. The Morgan fingerprint density at radius 3 is 2.51 bits per heavy atom. The van der Waals surface area contributed by atoms with Gasteiger partial charge in [0.1, 0.15) is 0 Å². The first-order valence-electron chi connectivity index (χ1n) is 15.5. The van der Waals surface area contributed by atoms with Gasteiger partial charge in [0.05, 0.1) is 28.3 Å². The van der Waals surface area contributed by atoms with Crippen LogP contribution in [-0.2, 0) is 0 Å². The average Bonchev–Trinajstić information content (AvgIpc) is 3.08. The molecule has 1 aliphatic carbocycles. The summed E-state index contributed by atoms with van der Waals surface area (Å²) in [7, 11) is 0. The minimum atomic E-state index is 0.594. The first-order chi connectivity index (χ1) is 22.2. The quantitative estimate of drug-likeness (QED) is 0.151. The highest BCUT2D eigenvalue weighted by atomic mass is 14.9. The molecule has 45 heavy (non-hydrogen) atoms. The lowest BCUT2D eigenvalue weighted by atomic mass is 9.89. The van der Waals surface area contributed by atoms with E-state index in [1.165, 1.54) is 21.9 Å². The van der Waals surface area contributed by atoms with Crippen molar-refractivity contribution in [3.05, 3.63) is 150 Å². The molecule has 0 radical (unpaired) electrons. The van der Waals surface area contributed by atoms with Crippen molar-refractivity contribution in [3.63, 3.8) is 0 Å². The molecular weight excluding hydrogens is 546 g/mol. The van der Waals surface area contributed by atoms with E-state index in [-0.39, 0.29) is 0 Å². The van der Waals surface area contributed by atoms with Crippen molar-refractivity contribution in [1.29, 1.82) is 0 Å². The third-order valence-electron chi connectivity index (χ3n) is 8.47. The lowest BCUT2D eigenvalue weighted by Crippen LogP contribution is -2.13. The number of pyridine rings is 1. The number of allylic oxidation sites excluding steroid dienone is 8. The fourth-order valence-electron chi connectivity index (χ4n) is 6.35. The molecule has 0 saturated heterocycles. The van der Waals surface area contributed by atoms with Crippen molar-refractivity contribution in [1.82, 2.24) is 4.98 Å². The van der Waals surface area contributed by atoms with Gasteiger partial charge in [0.2, 0.25) is 0 Å². The zero-order valence-electron chi connectivity index (χ0n) is 25.4. The van der Waals surface area contributed by atoms with Crippen molar-refractivity contribution in [2.24, 2.45) is 9.98 Å². The van der Waals surface area contributed by atoms with E-state index in [1.807, 2.05) is 25.1 Å². The van der Waals surface area contributed by atoms with Crippen molar-refractivity contribution in [2.75, 3.05) is 6.54 Å². The Bertz CT molecular complexity index is 2160. The van der Waals surface area contributed by atoms with Gasteiger partial charge >= 0.3 is 0 Å². The van der Waals surface area contributed by atoms with Gasteiger partial charge in [-0.3, -0.25) is 4.99 Å². The average molecular weight is 580 g/mol. The van der Waals surface area contributed by atoms with Crippen LogP contribution < -0.4 is 0 Å². The molecule has 0 spiro atoms. The zero-order chi connectivity index (χ0) is 30.6. The second kappa shape index (κ2) is 12.6. The Kier molecular flexibility index (Phi) is 7.87. The van der Waals surface area contributed by atoms with Gasteiger partial charge in [0.25, 0.3) is 0 Å². The van der Waals surface area contributed by atoms with E-state index < -0.39 is 0 Å². The van der Waals surface area contributed by atoms with Crippen LogP contribution in [-0.4, -0.2) is 23.0 Å². The summed E-state index contributed by atoms with van der Waals surface area (Å²) in [5.74, 6) is 2.73. The summed E-state index contributed by atoms with van der Waals surface area (Å²) in [6, 6.07) is 32.0. The monoisotopic (exact) mass is 579 g/mol. The number of aromatic nitrogens is 1. The molecule has 0 fully saturated rings. The molecule has 7 rings (SSSR count). The normalized spacial score (nSPS) is 17.5. The Morgan fingerprint density at radius 1 is 0.844 bits per heavy atom. The SMILES string of the molecule is C#C/C=C(\C=C/C)C1=N/c2c(ccc3c(C4=CC=CCC4)cc(-c4ccccc4)nc23)/C(c2cccc3ccccc23)=N\CC\1. The second-order valence-electron chi connectivity index (χ2n) is 11.3. The minimum Gasteiger partial charge on any atom is -0.284 e. The van der Waals surface area contributed by atoms with Crippen LogP contribution in [0.2, 0.25) is 0 Å². The molecule has 0 saturated carbocycles. The van der Waals surface area contributed by atoms with Gasteiger partial charge in [-0.1, -0.05) is 115 Å². The molecule has 0 N–H and O–H groups in total. The largest absolute Gasteiger partial charge is 0.284 e. The number of benzene rings is 4. The van der Waals surface area contributed by atoms with Crippen molar-refractivity contribution >= 4 is 44.4 Å². The van der Waals surface area contributed by atoms with Crippen LogP contribution in [0.5, 0.6) is 0 Å². The summed E-state index contributed by atoms with van der Waals surface area (Å²) >= 11 is 0. The van der Waals surface area contributed by atoms with Gasteiger partial charge in [0, 0.05) is 40.6 Å². The summed E-state index contributed by atoms with van der Waals surface area (Å²) in [5, 5.41) is 3.44. The predicted molar refractivity (Wildman–Crippen MR) is 191 cm³/mol. The topological polar surface area (TPSA) is 37.6 Å². The van der Waals surface area contributed by atoms with Crippen LogP contribution in [0.4, 0.5) is 5.69 Å². The molecule has 5 aromatic rings. The van der Waals surface area contributed by atoms with E-state index in [1.54, 1.807) is 6.08 Å². The van der Waals surface area contributed by atoms with Gasteiger partial charge < -0.3 is 0 Å². The van der Waals surface area contributed by atoms with E-state index in [0.717, 1.165) is 68.8 Å². The molecule has 0 unspecified atom stereocenters. The maximum atomic E-state index is 5.79. The second-order valence-corrected chi connectivity index (χ2v) is 11.3. The van der Waals surface area contributed by atoms with Crippen molar-refractivity contribution in [2.45, 2.75) is 26.2 Å². The highest BCUT2D eigenvalue weighted by Crippen LogP contribution is 2.40. The van der Waals surface area contributed by atoms with Gasteiger partial charge in [-0.15, -0.1) is 6.42 Å². The first kappa shape index (κ1) is 28.2. The van der Waals surface area contributed by atoms with E-state index in [9.17, 15) is 0 Å². The van der Waals surface area contributed by atoms with Gasteiger partial charge in [-0.2, -0.15) is 0 Å². The summed E-state index contributed by atoms with van der Waals surface area (Å²) in [4.78, 5) is 16.1. The molecular formula is C42H33N3. The third-order valence-corrected chi connectivity index (χ3v) is 8.47. The molecule has 216 valence electrons. The number of aliphatic imine (C=N–C) groups is 2. The lowest BCUT2D eigenvalue weighted by molar-refractivity contribution is 1.03. The Balaban J connectivity index is 1.58. The van der Waals surface area contributed by atoms with Crippen LogP contribution in [0.1, 0.15) is 42.9 Å². The summed E-state index contributed by atoms with van der Waals surface area (Å²) < 4.78 is 0. The molecule has 2 aliphatic rings. The van der Waals surface area contributed by atoms with Crippen LogP contribution in [0, 0.1) is 12.3 Å². The van der Waals surface area contributed by atoms with Crippen LogP contribution >= 0.6 is 0 Å². The smallest absolute Gasteiger partial charge is 0.0990 e. The molecule has 2 heterocycles. The van der Waals surface area contributed by atoms with Gasteiger partial charge in [-0.05, 0) is 59.9 Å². The number of rotatable bonds is 5. The highest BCUT2D eigenvalue weighted by molar-refractivity contribution is 6.24. The van der Waals surface area contributed by atoms with E-state index in [2.05, 4.69) is 109 Å². The number of hydrogen-bond acceptors (Lipinski definition) is 3. The molecule has 1 aromatic heterocycles. The van der Waals surface area contributed by atoms with E-state index in [0.29, 0.717) is 13.0 Å². The lowest BCUT2D eigenvalue weighted by Gasteiger charge is -2.20. The molecule has 4 aromatic carbocycles. The fourth-order valence-corrected chi connectivity index (χ4v) is 6.35. The number of nitrogens with zero attached hydrogens (tertiary/aromatic N) is 3. The molecule has 1 aliphatic heterocycles. The highest BCUT2D eigenvalue weighted by Gasteiger charge is 2.23. The number of hydrogen-bond donors (Lipinski definition) is 0. The Hall–Kier alpha value is -5.59. The Morgan fingerprint density at radius 2 is 1.69 bits per heavy atom. The van der Waals surface area contributed by atoms with Gasteiger partial charge in [0.15, 0.2) is 0 Å². The van der Waals surface area contributed by atoms with Crippen LogP contribution in [0.15, 0.2) is 143 Å². The first-order valence-corrected chi connectivity index (χ1v) is 15.5.